The molecule has 0 aliphatic rings. The third-order valence-electron chi connectivity index (χ3n) is 3.73. The molecule has 0 amide bonds. The van der Waals surface area contributed by atoms with E-state index in [1.807, 2.05) is 23.6 Å². The number of benzene rings is 2. The third kappa shape index (κ3) is 3.73. The molecule has 0 bridgehead atoms. The lowest BCUT2D eigenvalue weighted by Crippen LogP contribution is -2.12. The molecule has 0 N–H and O–H groups in total. The predicted octanol–water partition coefficient (Wildman–Crippen LogP) is 5.62. The SMILES string of the molecule is COc1ccc(Cl)cc1C(=O)C(C#N)c1nc(-c2ccc(Cl)cc2)cs1. The molecule has 0 fully saturated rings. The molecule has 1 unspecified atom stereocenters. The van der Waals surface area contributed by atoms with Gasteiger partial charge in [-0.2, -0.15) is 5.26 Å². The largest absolute Gasteiger partial charge is 0.496 e. The van der Waals surface area contributed by atoms with Crippen LogP contribution in [0.25, 0.3) is 11.3 Å². The number of Topliss-reactive ketones (excluding diaryl/α,β-unsaturated/α-hetero) is 1. The molecular formula is C19H12Cl2N2O2S. The number of aromatic nitrogens is 1. The van der Waals surface area contributed by atoms with Crippen molar-refractivity contribution in [3.8, 4) is 23.1 Å². The second kappa shape index (κ2) is 7.88. The average Bonchev–Trinajstić information content (AvgIpc) is 3.12. The molecule has 1 atom stereocenters. The van der Waals surface area contributed by atoms with Gasteiger partial charge in [0, 0.05) is 21.0 Å². The number of thiazole rings is 1. The van der Waals surface area contributed by atoms with Crippen molar-refractivity contribution in [2.24, 2.45) is 0 Å². The number of carbonyl (C=O) groups is 1. The van der Waals surface area contributed by atoms with Crippen LogP contribution in [0.1, 0.15) is 21.3 Å². The highest BCUT2D eigenvalue weighted by molar-refractivity contribution is 7.10. The lowest BCUT2D eigenvalue weighted by Gasteiger charge is -2.10. The van der Waals surface area contributed by atoms with Crippen molar-refractivity contribution in [3.05, 3.63) is 68.5 Å². The first-order valence-corrected chi connectivity index (χ1v) is 9.15. The summed E-state index contributed by atoms with van der Waals surface area (Å²) in [5.74, 6) is -1.06. The molecule has 0 aliphatic carbocycles. The number of ether oxygens (including phenoxy) is 1. The van der Waals surface area contributed by atoms with E-state index in [4.69, 9.17) is 27.9 Å². The zero-order chi connectivity index (χ0) is 18.7. The van der Waals surface area contributed by atoms with Gasteiger partial charge in [-0.25, -0.2) is 4.98 Å². The summed E-state index contributed by atoms with van der Waals surface area (Å²) in [6.07, 6.45) is 0. The number of carbonyl (C=O) groups excluding carboxylic acids is 1. The molecule has 130 valence electrons. The van der Waals surface area contributed by atoms with E-state index in [-0.39, 0.29) is 5.56 Å². The number of methoxy groups -OCH3 is 1. The quantitative estimate of drug-likeness (QED) is 0.519. The smallest absolute Gasteiger partial charge is 0.190 e. The van der Waals surface area contributed by atoms with Crippen molar-refractivity contribution in [1.29, 1.82) is 5.26 Å². The Morgan fingerprint density at radius 3 is 2.54 bits per heavy atom. The first kappa shape index (κ1) is 18.4. The van der Waals surface area contributed by atoms with Gasteiger partial charge in [-0.05, 0) is 30.3 Å². The van der Waals surface area contributed by atoms with E-state index in [1.54, 1.807) is 24.3 Å². The maximum Gasteiger partial charge on any atom is 0.190 e. The first-order valence-electron chi connectivity index (χ1n) is 7.52. The van der Waals surface area contributed by atoms with Crippen molar-refractivity contribution >= 4 is 40.3 Å². The molecule has 3 aromatic rings. The molecule has 26 heavy (non-hydrogen) atoms. The molecule has 2 aromatic carbocycles. The summed E-state index contributed by atoms with van der Waals surface area (Å²) >= 11 is 13.2. The van der Waals surface area contributed by atoms with Gasteiger partial charge in [-0.1, -0.05) is 35.3 Å². The Bertz CT molecular complexity index is 994. The topological polar surface area (TPSA) is 63.0 Å². The third-order valence-corrected chi connectivity index (χ3v) is 5.12. The maximum absolute atomic E-state index is 12.9. The molecule has 1 heterocycles. The first-order chi connectivity index (χ1) is 12.5. The predicted molar refractivity (Wildman–Crippen MR) is 103 cm³/mol. The van der Waals surface area contributed by atoms with Gasteiger partial charge in [0.05, 0.1) is 24.4 Å². The summed E-state index contributed by atoms with van der Waals surface area (Å²) in [6, 6.07) is 14.0. The van der Waals surface area contributed by atoms with Crippen LogP contribution < -0.4 is 4.74 Å². The van der Waals surface area contributed by atoms with Gasteiger partial charge >= 0.3 is 0 Å². The summed E-state index contributed by atoms with van der Waals surface area (Å²) in [5.41, 5.74) is 1.81. The van der Waals surface area contributed by atoms with Crippen molar-refractivity contribution in [2.75, 3.05) is 7.11 Å². The second-order valence-electron chi connectivity index (χ2n) is 5.35. The van der Waals surface area contributed by atoms with Gasteiger partial charge in [0.1, 0.15) is 10.8 Å². The Balaban J connectivity index is 1.95. The van der Waals surface area contributed by atoms with Crippen LogP contribution in [0, 0.1) is 11.3 Å². The fraction of sp³-hybridized carbons (Fsp3) is 0.105. The average molecular weight is 403 g/mol. The van der Waals surface area contributed by atoms with E-state index in [2.05, 4.69) is 4.98 Å². The Hall–Kier alpha value is -2.39. The molecular weight excluding hydrogens is 391 g/mol. The van der Waals surface area contributed by atoms with Crippen molar-refractivity contribution < 1.29 is 9.53 Å². The van der Waals surface area contributed by atoms with Gasteiger partial charge < -0.3 is 4.74 Å². The Labute approximate surface area is 164 Å². The van der Waals surface area contributed by atoms with Crippen LogP contribution >= 0.6 is 34.5 Å². The number of hydrogen-bond donors (Lipinski definition) is 0. The van der Waals surface area contributed by atoms with E-state index < -0.39 is 11.7 Å². The number of rotatable bonds is 5. The normalized spacial score (nSPS) is 11.6. The zero-order valence-electron chi connectivity index (χ0n) is 13.6. The van der Waals surface area contributed by atoms with Gasteiger partial charge in [0.15, 0.2) is 11.7 Å². The standard InChI is InChI=1S/C19H12Cl2N2O2S/c1-25-17-7-6-13(21)8-14(17)18(24)15(9-22)19-23-16(10-26-19)11-2-4-12(20)5-3-11/h2-8,10,15H,1H3. The summed E-state index contributed by atoms with van der Waals surface area (Å²) in [5, 5.41) is 12.8. The summed E-state index contributed by atoms with van der Waals surface area (Å²) in [6.45, 7) is 0. The molecule has 3 rings (SSSR count). The van der Waals surface area contributed by atoms with Crippen LogP contribution in [-0.2, 0) is 0 Å². The van der Waals surface area contributed by atoms with E-state index in [1.165, 1.54) is 24.5 Å². The molecule has 7 heteroatoms. The van der Waals surface area contributed by atoms with Gasteiger partial charge in [0.2, 0.25) is 0 Å². The molecule has 4 nitrogen and oxygen atoms in total. The number of ketones is 1. The van der Waals surface area contributed by atoms with Crippen LogP contribution in [0.3, 0.4) is 0 Å². The van der Waals surface area contributed by atoms with Gasteiger partial charge in [-0.3, -0.25) is 4.79 Å². The van der Waals surface area contributed by atoms with Crippen LogP contribution in [0.15, 0.2) is 47.8 Å². The number of hydrogen-bond acceptors (Lipinski definition) is 5. The van der Waals surface area contributed by atoms with Crippen molar-refractivity contribution in [3.63, 3.8) is 0 Å². The van der Waals surface area contributed by atoms with Crippen molar-refractivity contribution in [1.82, 2.24) is 4.98 Å². The Morgan fingerprint density at radius 2 is 1.88 bits per heavy atom. The number of nitrogens with zero attached hydrogens (tertiary/aromatic N) is 2. The van der Waals surface area contributed by atoms with Gasteiger partial charge in [0.25, 0.3) is 0 Å². The van der Waals surface area contributed by atoms with E-state index in [9.17, 15) is 10.1 Å². The summed E-state index contributed by atoms with van der Waals surface area (Å²) in [7, 11) is 1.46. The highest BCUT2D eigenvalue weighted by Crippen LogP contribution is 2.32. The van der Waals surface area contributed by atoms with Crippen LogP contribution in [0.5, 0.6) is 5.75 Å². The van der Waals surface area contributed by atoms with Crippen LogP contribution in [0.2, 0.25) is 10.0 Å². The number of nitriles is 1. The fourth-order valence-corrected chi connectivity index (χ4v) is 3.59. The lowest BCUT2D eigenvalue weighted by molar-refractivity contribution is 0.0976. The highest BCUT2D eigenvalue weighted by atomic mass is 35.5. The zero-order valence-corrected chi connectivity index (χ0v) is 15.9. The molecule has 0 radical (unpaired) electrons. The van der Waals surface area contributed by atoms with E-state index in [0.717, 1.165) is 5.56 Å². The maximum atomic E-state index is 12.9. The van der Waals surface area contributed by atoms with E-state index in [0.29, 0.717) is 26.5 Å². The van der Waals surface area contributed by atoms with Crippen molar-refractivity contribution in [2.45, 2.75) is 5.92 Å². The molecule has 1 aromatic heterocycles. The van der Waals surface area contributed by atoms with E-state index >= 15 is 0 Å². The highest BCUT2D eigenvalue weighted by Gasteiger charge is 2.27. The molecule has 0 aliphatic heterocycles. The van der Waals surface area contributed by atoms with Crippen LogP contribution in [-0.4, -0.2) is 17.9 Å². The minimum absolute atomic E-state index is 0.259. The fourth-order valence-electron chi connectivity index (χ4n) is 2.43. The summed E-state index contributed by atoms with van der Waals surface area (Å²) in [4.78, 5) is 17.4. The van der Waals surface area contributed by atoms with Gasteiger partial charge in [-0.15, -0.1) is 11.3 Å². The minimum Gasteiger partial charge on any atom is -0.496 e. The lowest BCUT2D eigenvalue weighted by atomic mass is 9.98. The molecule has 0 spiro atoms. The Morgan fingerprint density at radius 1 is 1.19 bits per heavy atom. The molecule has 0 saturated heterocycles. The second-order valence-corrected chi connectivity index (χ2v) is 7.11. The minimum atomic E-state index is -1.03. The Kier molecular flexibility index (Phi) is 5.58. The monoisotopic (exact) mass is 402 g/mol. The van der Waals surface area contributed by atoms with Crippen LogP contribution in [0.4, 0.5) is 0 Å². The molecule has 0 saturated carbocycles. The number of halogens is 2. The summed E-state index contributed by atoms with van der Waals surface area (Å²) < 4.78 is 5.22.